The first-order chi connectivity index (χ1) is 11.1. The van der Waals surface area contributed by atoms with E-state index in [1.54, 1.807) is 0 Å². The Morgan fingerprint density at radius 3 is 2.35 bits per heavy atom. The lowest BCUT2D eigenvalue weighted by molar-refractivity contribution is 0.270. The van der Waals surface area contributed by atoms with Crippen LogP contribution in [-0.2, 0) is 6.42 Å². The van der Waals surface area contributed by atoms with E-state index < -0.39 is 0 Å². The van der Waals surface area contributed by atoms with Gasteiger partial charge in [-0.2, -0.15) is 0 Å². The van der Waals surface area contributed by atoms with E-state index in [1.807, 2.05) is 12.1 Å². The van der Waals surface area contributed by atoms with Crippen molar-refractivity contribution in [3.63, 3.8) is 0 Å². The molecule has 0 saturated heterocycles. The van der Waals surface area contributed by atoms with Gasteiger partial charge < -0.3 is 15.8 Å². The van der Waals surface area contributed by atoms with Gasteiger partial charge in [0, 0.05) is 11.7 Å². The second-order valence-electron chi connectivity index (χ2n) is 6.23. The van der Waals surface area contributed by atoms with Crippen LogP contribution in [0, 0.1) is 13.8 Å². The van der Waals surface area contributed by atoms with Crippen LogP contribution in [0.25, 0.3) is 0 Å². The van der Waals surface area contributed by atoms with E-state index in [9.17, 15) is 0 Å². The molecule has 2 aromatic rings. The lowest BCUT2D eigenvalue weighted by Gasteiger charge is -2.17. The Hall–Kier alpha value is -2.00. The van der Waals surface area contributed by atoms with Crippen LogP contribution in [0.4, 0.5) is 5.69 Å². The average Bonchev–Trinajstić information content (AvgIpc) is 2.53. The summed E-state index contributed by atoms with van der Waals surface area (Å²) >= 11 is 0. The normalized spacial score (nSPS) is 12.1. The van der Waals surface area contributed by atoms with Crippen molar-refractivity contribution in [3.8, 4) is 5.75 Å². The molecule has 3 heteroatoms. The van der Waals surface area contributed by atoms with E-state index >= 15 is 0 Å². The fourth-order valence-electron chi connectivity index (χ4n) is 2.62. The molecule has 0 spiro atoms. The maximum Gasteiger partial charge on any atom is 0.125 e. The molecule has 0 saturated carbocycles. The highest BCUT2D eigenvalue weighted by molar-refractivity contribution is 5.40. The summed E-state index contributed by atoms with van der Waals surface area (Å²) in [4.78, 5) is 0. The number of hydrogen-bond acceptors (Lipinski definition) is 3. The van der Waals surface area contributed by atoms with Crippen LogP contribution in [0.1, 0.15) is 30.0 Å². The molecule has 0 aliphatic carbocycles. The number of nitrogen functional groups attached to an aromatic ring is 1. The second-order valence-corrected chi connectivity index (χ2v) is 6.23. The van der Waals surface area contributed by atoms with E-state index in [2.05, 4.69) is 56.4 Å². The van der Waals surface area contributed by atoms with Gasteiger partial charge >= 0.3 is 0 Å². The Kier molecular flexibility index (Phi) is 6.48. The van der Waals surface area contributed by atoms with E-state index in [4.69, 9.17) is 10.5 Å². The summed E-state index contributed by atoms with van der Waals surface area (Å²) in [5.41, 5.74) is 10.2. The minimum absolute atomic E-state index is 0.334. The SMILES string of the molecule is Cc1cccc(C)c1OCC(C)NCCCc1ccc(N)cc1. The van der Waals surface area contributed by atoms with Gasteiger partial charge in [0.05, 0.1) is 0 Å². The van der Waals surface area contributed by atoms with Crippen molar-refractivity contribution < 1.29 is 4.74 Å². The van der Waals surface area contributed by atoms with Crippen molar-refractivity contribution in [2.45, 2.75) is 39.7 Å². The van der Waals surface area contributed by atoms with E-state index in [-0.39, 0.29) is 0 Å². The third-order valence-electron chi connectivity index (χ3n) is 4.00. The summed E-state index contributed by atoms with van der Waals surface area (Å²) in [6.45, 7) is 8.02. The molecule has 1 unspecified atom stereocenters. The van der Waals surface area contributed by atoms with Crippen LogP contribution in [0.5, 0.6) is 5.75 Å². The molecule has 1 atom stereocenters. The molecule has 0 amide bonds. The summed E-state index contributed by atoms with van der Waals surface area (Å²) in [5, 5.41) is 3.52. The number of ether oxygens (including phenoxy) is 1. The highest BCUT2D eigenvalue weighted by Crippen LogP contribution is 2.22. The quantitative estimate of drug-likeness (QED) is 0.574. The van der Waals surface area contributed by atoms with Gasteiger partial charge in [0.15, 0.2) is 0 Å². The number of rotatable bonds is 8. The van der Waals surface area contributed by atoms with Gasteiger partial charge in [-0.25, -0.2) is 0 Å². The van der Waals surface area contributed by atoms with Crippen molar-refractivity contribution in [1.29, 1.82) is 0 Å². The van der Waals surface area contributed by atoms with Crippen molar-refractivity contribution in [3.05, 3.63) is 59.2 Å². The fraction of sp³-hybridized carbons (Fsp3) is 0.400. The Balaban J connectivity index is 1.67. The number of hydrogen-bond donors (Lipinski definition) is 2. The number of nitrogens with two attached hydrogens (primary N) is 1. The van der Waals surface area contributed by atoms with E-state index in [1.165, 1.54) is 16.7 Å². The van der Waals surface area contributed by atoms with Gasteiger partial charge in [0.2, 0.25) is 0 Å². The molecule has 0 heterocycles. The van der Waals surface area contributed by atoms with Gasteiger partial charge in [-0.1, -0.05) is 30.3 Å². The number of aryl methyl sites for hydroxylation is 3. The summed E-state index contributed by atoms with van der Waals surface area (Å²) in [7, 11) is 0. The molecular weight excluding hydrogens is 284 g/mol. The molecule has 23 heavy (non-hydrogen) atoms. The lowest BCUT2D eigenvalue weighted by atomic mass is 10.1. The number of para-hydroxylation sites is 1. The van der Waals surface area contributed by atoms with Crippen LogP contribution in [0.2, 0.25) is 0 Å². The second kappa shape index (κ2) is 8.59. The Morgan fingerprint density at radius 2 is 1.70 bits per heavy atom. The third kappa shape index (κ3) is 5.61. The number of anilines is 1. The summed E-state index contributed by atoms with van der Waals surface area (Å²) in [6.07, 6.45) is 2.18. The zero-order chi connectivity index (χ0) is 16.7. The molecule has 0 aliphatic heterocycles. The lowest BCUT2D eigenvalue weighted by Crippen LogP contribution is -2.32. The first-order valence-electron chi connectivity index (χ1n) is 8.33. The van der Waals surface area contributed by atoms with Gasteiger partial charge in [-0.3, -0.25) is 0 Å². The maximum atomic E-state index is 5.98. The van der Waals surface area contributed by atoms with Gasteiger partial charge in [-0.15, -0.1) is 0 Å². The largest absolute Gasteiger partial charge is 0.491 e. The first-order valence-corrected chi connectivity index (χ1v) is 8.33. The summed E-state index contributed by atoms with van der Waals surface area (Å²) in [6, 6.07) is 14.7. The van der Waals surface area contributed by atoms with Crippen LogP contribution >= 0.6 is 0 Å². The van der Waals surface area contributed by atoms with Crippen LogP contribution < -0.4 is 15.8 Å². The molecule has 3 nitrogen and oxygen atoms in total. The molecule has 0 bridgehead atoms. The van der Waals surface area contributed by atoms with Gasteiger partial charge in [0.25, 0.3) is 0 Å². The number of nitrogens with one attached hydrogen (secondary N) is 1. The Bertz CT molecular complexity index is 587. The smallest absolute Gasteiger partial charge is 0.125 e. The summed E-state index contributed by atoms with van der Waals surface area (Å²) < 4.78 is 5.98. The zero-order valence-corrected chi connectivity index (χ0v) is 14.4. The minimum atomic E-state index is 0.334. The van der Waals surface area contributed by atoms with Crippen LogP contribution in [0.3, 0.4) is 0 Å². The van der Waals surface area contributed by atoms with Crippen LogP contribution in [-0.4, -0.2) is 19.2 Å². The van der Waals surface area contributed by atoms with Gasteiger partial charge in [0.1, 0.15) is 12.4 Å². The molecule has 0 aromatic heterocycles. The summed E-state index contributed by atoms with van der Waals surface area (Å²) in [5.74, 6) is 1.02. The monoisotopic (exact) mass is 312 g/mol. The van der Waals surface area contributed by atoms with Crippen molar-refractivity contribution in [2.75, 3.05) is 18.9 Å². The Labute approximate surface area is 139 Å². The molecule has 0 radical (unpaired) electrons. The minimum Gasteiger partial charge on any atom is -0.491 e. The van der Waals surface area contributed by atoms with Gasteiger partial charge in [-0.05, 0) is 69.0 Å². The molecule has 3 N–H and O–H groups in total. The predicted octanol–water partition coefficient (Wildman–Crippen LogP) is 3.88. The molecule has 2 aromatic carbocycles. The topological polar surface area (TPSA) is 47.3 Å². The van der Waals surface area contributed by atoms with E-state index in [0.717, 1.165) is 30.8 Å². The van der Waals surface area contributed by atoms with Crippen molar-refractivity contribution >= 4 is 5.69 Å². The Morgan fingerprint density at radius 1 is 1.04 bits per heavy atom. The standard InChI is InChI=1S/C20H28N2O/c1-15-6-4-7-16(2)20(15)23-14-17(3)22-13-5-8-18-9-11-19(21)12-10-18/h4,6-7,9-12,17,22H,5,8,13-14,21H2,1-3H3. The predicted molar refractivity (Wildman–Crippen MR) is 98.1 cm³/mol. The molecule has 124 valence electrons. The molecular formula is C20H28N2O. The average molecular weight is 312 g/mol. The maximum absolute atomic E-state index is 5.98. The van der Waals surface area contributed by atoms with E-state index in [0.29, 0.717) is 12.6 Å². The molecule has 2 rings (SSSR count). The highest BCUT2D eigenvalue weighted by Gasteiger charge is 2.06. The van der Waals surface area contributed by atoms with Crippen molar-refractivity contribution in [2.24, 2.45) is 0 Å². The molecule has 0 aliphatic rings. The van der Waals surface area contributed by atoms with Crippen molar-refractivity contribution in [1.82, 2.24) is 5.32 Å². The highest BCUT2D eigenvalue weighted by atomic mass is 16.5. The third-order valence-corrected chi connectivity index (χ3v) is 4.00. The molecule has 0 fully saturated rings. The first kappa shape index (κ1) is 17.4. The fourth-order valence-corrected chi connectivity index (χ4v) is 2.62. The number of benzene rings is 2. The zero-order valence-electron chi connectivity index (χ0n) is 14.4. The van der Waals surface area contributed by atoms with Crippen LogP contribution in [0.15, 0.2) is 42.5 Å².